The molecule has 3 nitrogen and oxygen atoms in total. The van der Waals surface area contributed by atoms with Gasteiger partial charge in [-0.2, -0.15) is 0 Å². The second kappa shape index (κ2) is 10.2. The van der Waals surface area contributed by atoms with Crippen LogP contribution in [0.25, 0.3) is 0 Å². The van der Waals surface area contributed by atoms with E-state index >= 15 is 0 Å². The van der Waals surface area contributed by atoms with E-state index in [0.717, 1.165) is 6.42 Å². The van der Waals surface area contributed by atoms with E-state index in [1.54, 1.807) is 12.1 Å². The van der Waals surface area contributed by atoms with Crippen LogP contribution in [0.4, 0.5) is 4.39 Å². The third-order valence-electron chi connectivity index (χ3n) is 3.80. The minimum absolute atomic E-state index is 0.0229. The number of thioether (sulfide) groups is 1. The molecule has 128 valence electrons. The number of nitrogens with one attached hydrogen (secondary N) is 1. The third-order valence-corrected chi connectivity index (χ3v) is 5.02. The molecule has 1 saturated carbocycles. The van der Waals surface area contributed by atoms with Crippen molar-refractivity contribution in [3.63, 3.8) is 0 Å². The van der Waals surface area contributed by atoms with Crippen LogP contribution in [0.15, 0.2) is 18.2 Å². The number of benzene rings is 1. The van der Waals surface area contributed by atoms with Crippen LogP contribution in [0.5, 0.6) is 0 Å². The molecule has 1 N–H and O–H groups in total. The summed E-state index contributed by atoms with van der Waals surface area (Å²) in [6.07, 6.45) is 6.14. The first kappa shape index (κ1) is 18.6. The topological polar surface area (TPSA) is 38.3 Å². The highest BCUT2D eigenvalue weighted by Crippen LogP contribution is 2.21. The largest absolute Gasteiger partial charge is 0.378 e. The van der Waals surface area contributed by atoms with Crippen LogP contribution in [-0.4, -0.2) is 30.9 Å². The molecule has 23 heavy (non-hydrogen) atoms. The molecule has 0 aliphatic heterocycles. The Hall–Kier alpha value is -0.780. The van der Waals surface area contributed by atoms with Gasteiger partial charge in [-0.1, -0.05) is 30.5 Å². The molecule has 1 fully saturated rings. The Morgan fingerprint density at radius 2 is 2.17 bits per heavy atom. The number of halogens is 2. The zero-order valence-corrected chi connectivity index (χ0v) is 14.7. The third kappa shape index (κ3) is 7.10. The predicted molar refractivity (Wildman–Crippen MR) is 93.4 cm³/mol. The molecular weight excluding hydrogens is 337 g/mol. The predicted octanol–water partition coefficient (Wildman–Crippen LogP) is 4.18. The smallest absolute Gasteiger partial charge is 0.230 e. The number of amides is 1. The molecule has 0 atom stereocenters. The van der Waals surface area contributed by atoms with Gasteiger partial charge in [0.2, 0.25) is 5.91 Å². The summed E-state index contributed by atoms with van der Waals surface area (Å²) in [7, 11) is 0. The maximum atomic E-state index is 13.6. The summed E-state index contributed by atoms with van der Waals surface area (Å²) in [5.41, 5.74) is 0.567. The molecule has 0 radical (unpaired) electrons. The van der Waals surface area contributed by atoms with Gasteiger partial charge in [0, 0.05) is 23.9 Å². The summed E-state index contributed by atoms with van der Waals surface area (Å²) in [4.78, 5) is 11.7. The highest BCUT2D eigenvalue weighted by molar-refractivity contribution is 7.99. The van der Waals surface area contributed by atoms with Crippen LogP contribution < -0.4 is 5.32 Å². The van der Waals surface area contributed by atoms with Gasteiger partial charge in [0.25, 0.3) is 0 Å². The van der Waals surface area contributed by atoms with Gasteiger partial charge in [-0.15, -0.1) is 11.8 Å². The van der Waals surface area contributed by atoms with Crippen LogP contribution >= 0.6 is 23.4 Å². The Labute approximate surface area is 146 Å². The molecule has 0 bridgehead atoms. The standard InChI is InChI=1S/C17H23ClFNO2S/c18-14-7-6-13(16(19)10-14)11-23-12-17(21)20-8-3-9-22-15-4-1-2-5-15/h6-7,10,15H,1-5,8-9,11-12H2,(H,20,21). The van der Waals surface area contributed by atoms with Crippen molar-refractivity contribution < 1.29 is 13.9 Å². The quantitative estimate of drug-likeness (QED) is 0.672. The second-order valence-corrected chi connectivity index (χ2v) is 7.13. The average molecular weight is 360 g/mol. The van der Waals surface area contributed by atoms with Crippen molar-refractivity contribution in [1.29, 1.82) is 0 Å². The number of hydrogen-bond acceptors (Lipinski definition) is 3. The first-order valence-corrected chi connectivity index (χ1v) is 9.58. The maximum Gasteiger partial charge on any atom is 0.230 e. The fraction of sp³-hybridized carbons (Fsp3) is 0.588. The fourth-order valence-corrected chi connectivity index (χ4v) is 3.55. The Morgan fingerprint density at radius 1 is 1.39 bits per heavy atom. The first-order valence-electron chi connectivity index (χ1n) is 8.05. The number of carbonyl (C=O) groups is 1. The summed E-state index contributed by atoms with van der Waals surface area (Å²) >= 11 is 7.10. The van der Waals surface area contributed by atoms with Gasteiger partial charge in [-0.05, 0) is 37.0 Å². The lowest BCUT2D eigenvalue weighted by Gasteiger charge is -2.11. The van der Waals surface area contributed by atoms with E-state index in [0.29, 0.717) is 41.3 Å². The summed E-state index contributed by atoms with van der Waals surface area (Å²) in [6, 6.07) is 4.61. The fourth-order valence-electron chi connectivity index (χ4n) is 2.55. The Bertz CT molecular complexity index is 509. The molecule has 0 saturated heterocycles. The lowest BCUT2D eigenvalue weighted by molar-refractivity contribution is -0.118. The molecule has 0 aromatic heterocycles. The summed E-state index contributed by atoms with van der Waals surface area (Å²) in [5, 5.41) is 3.25. The highest BCUT2D eigenvalue weighted by Gasteiger charge is 2.14. The van der Waals surface area contributed by atoms with Crippen LogP contribution in [0.3, 0.4) is 0 Å². The number of rotatable bonds is 9. The molecule has 1 aliphatic carbocycles. The van der Waals surface area contributed by atoms with Gasteiger partial charge < -0.3 is 10.1 Å². The zero-order valence-electron chi connectivity index (χ0n) is 13.2. The number of carbonyl (C=O) groups excluding carboxylic acids is 1. The van der Waals surface area contributed by atoms with Gasteiger partial charge in [0.05, 0.1) is 11.9 Å². The molecule has 1 aromatic rings. The van der Waals surface area contributed by atoms with Gasteiger partial charge in [-0.3, -0.25) is 4.79 Å². The molecule has 0 spiro atoms. The Balaban J connectivity index is 1.51. The molecule has 2 rings (SSSR count). The van der Waals surface area contributed by atoms with Crippen molar-refractivity contribution in [3.05, 3.63) is 34.6 Å². The minimum Gasteiger partial charge on any atom is -0.378 e. The monoisotopic (exact) mass is 359 g/mol. The van der Waals surface area contributed by atoms with Crippen molar-refractivity contribution in [1.82, 2.24) is 5.32 Å². The first-order chi connectivity index (χ1) is 11.1. The van der Waals surface area contributed by atoms with E-state index in [4.69, 9.17) is 16.3 Å². The van der Waals surface area contributed by atoms with E-state index in [-0.39, 0.29) is 11.7 Å². The zero-order chi connectivity index (χ0) is 16.5. The van der Waals surface area contributed by atoms with Crippen molar-refractivity contribution in [2.45, 2.75) is 44.0 Å². The minimum atomic E-state index is -0.325. The molecule has 0 unspecified atom stereocenters. The lowest BCUT2D eigenvalue weighted by atomic mass is 10.2. The molecule has 6 heteroatoms. The van der Waals surface area contributed by atoms with E-state index < -0.39 is 0 Å². The maximum absolute atomic E-state index is 13.6. The number of ether oxygens (including phenoxy) is 1. The van der Waals surface area contributed by atoms with E-state index in [1.165, 1.54) is 43.5 Å². The average Bonchev–Trinajstić information content (AvgIpc) is 3.02. The number of hydrogen-bond donors (Lipinski definition) is 1. The summed E-state index contributed by atoms with van der Waals surface area (Å²) in [6.45, 7) is 1.33. The van der Waals surface area contributed by atoms with Gasteiger partial charge in [0.1, 0.15) is 5.82 Å². The van der Waals surface area contributed by atoms with E-state index in [9.17, 15) is 9.18 Å². The molecule has 1 amide bonds. The van der Waals surface area contributed by atoms with Crippen molar-refractivity contribution in [2.24, 2.45) is 0 Å². The van der Waals surface area contributed by atoms with Gasteiger partial charge in [-0.25, -0.2) is 4.39 Å². The van der Waals surface area contributed by atoms with Crippen LogP contribution in [-0.2, 0) is 15.3 Å². The summed E-state index contributed by atoms with van der Waals surface area (Å²) < 4.78 is 19.3. The van der Waals surface area contributed by atoms with Gasteiger partial charge >= 0.3 is 0 Å². The van der Waals surface area contributed by atoms with Crippen LogP contribution in [0.2, 0.25) is 5.02 Å². The van der Waals surface area contributed by atoms with Crippen molar-refractivity contribution in [3.8, 4) is 0 Å². The second-order valence-electron chi connectivity index (χ2n) is 5.71. The normalized spacial score (nSPS) is 15.0. The Morgan fingerprint density at radius 3 is 2.91 bits per heavy atom. The molecule has 0 heterocycles. The van der Waals surface area contributed by atoms with Crippen LogP contribution in [0.1, 0.15) is 37.7 Å². The SMILES string of the molecule is O=C(CSCc1ccc(Cl)cc1F)NCCCOC1CCCC1. The Kier molecular flexibility index (Phi) is 8.20. The molecular formula is C17H23ClFNO2S. The highest BCUT2D eigenvalue weighted by atomic mass is 35.5. The summed E-state index contributed by atoms with van der Waals surface area (Å²) in [5.74, 6) is 0.437. The lowest BCUT2D eigenvalue weighted by Crippen LogP contribution is -2.27. The van der Waals surface area contributed by atoms with Gasteiger partial charge in [0.15, 0.2) is 0 Å². The van der Waals surface area contributed by atoms with Crippen molar-refractivity contribution in [2.75, 3.05) is 18.9 Å². The van der Waals surface area contributed by atoms with Crippen LogP contribution in [0, 0.1) is 5.82 Å². The van der Waals surface area contributed by atoms with E-state index in [2.05, 4.69) is 5.32 Å². The molecule has 1 aliphatic rings. The van der Waals surface area contributed by atoms with Crippen molar-refractivity contribution >= 4 is 29.3 Å². The molecule has 1 aromatic carbocycles. The van der Waals surface area contributed by atoms with E-state index in [1.807, 2.05) is 0 Å².